The lowest BCUT2D eigenvalue weighted by Gasteiger charge is -2.24. The first-order valence-electron chi connectivity index (χ1n) is 5.80. The van der Waals surface area contributed by atoms with Crippen LogP contribution in [-0.4, -0.2) is 19.1 Å². The zero-order valence-corrected chi connectivity index (χ0v) is 11.6. The van der Waals surface area contributed by atoms with E-state index < -0.39 is 0 Å². The van der Waals surface area contributed by atoms with Gasteiger partial charge in [-0.2, -0.15) is 0 Å². The van der Waals surface area contributed by atoms with Gasteiger partial charge < -0.3 is 5.32 Å². The normalized spacial score (nSPS) is 21.0. The molecule has 1 saturated heterocycles. The molecule has 1 heterocycles. The Hall–Kier alpha value is -0.120. The van der Waals surface area contributed by atoms with E-state index in [1.165, 1.54) is 41.2 Å². The van der Waals surface area contributed by atoms with Crippen LogP contribution in [0.4, 0.5) is 0 Å². The number of rotatable bonds is 3. The predicted molar refractivity (Wildman–Crippen MR) is 74.6 cm³/mol. The molecule has 1 aliphatic rings. The van der Waals surface area contributed by atoms with Crippen LogP contribution in [0.3, 0.4) is 0 Å². The van der Waals surface area contributed by atoms with E-state index in [-0.39, 0.29) is 0 Å². The number of hydrogen-bond donors (Lipinski definition) is 1. The van der Waals surface area contributed by atoms with E-state index in [0.717, 1.165) is 0 Å². The van der Waals surface area contributed by atoms with Crippen LogP contribution in [0.1, 0.15) is 30.9 Å². The van der Waals surface area contributed by atoms with Crippen molar-refractivity contribution in [1.82, 2.24) is 5.32 Å². The van der Waals surface area contributed by atoms with Crippen LogP contribution >= 0.6 is 23.5 Å². The van der Waals surface area contributed by atoms with Crippen LogP contribution < -0.4 is 5.32 Å². The lowest BCUT2D eigenvalue weighted by molar-refractivity contribution is 0.411. The fraction of sp³-hybridized carbons (Fsp3) is 0.538. The van der Waals surface area contributed by atoms with Crippen molar-refractivity contribution in [3.63, 3.8) is 0 Å². The molecular weight excluding hydrogens is 234 g/mol. The minimum absolute atomic E-state index is 0.579. The molecule has 0 aliphatic carbocycles. The minimum atomic E-state index is 0.579. The van der Waals surface area contributed by atoms with Crippen molar-refractivity contribution >= 4 is 23.5 Å². The standard InChI is InChI=1S/C13H19NS2/c1-15-12-7-6-10(9-13(12)16-2)11-5-3-4-8-14-11/h6-7,9,11,14H,3-5,8H2,1-2H3. The third kappa shape index (κ3) is 2.76. The highest BCUT2D eigenvalue weighted by Crippen LogP contribution is 2.32. The van der Waals surface area contributed by atoms with Crippen molar-refractivity contribution in [3.8, 4) is 0 Å². The molecule has 1 N–H and O–H groups in total. The Morgan fingerprint density at radius 2 is 1.94 bits per heavy atom. The van der Waals surface area contributed by atoms with E-state index in [9.17, 15) is 0 Å². The van der Waals surface area contributed by atoms with Crippen LogP contribution in [0.25, 0.3) is 0 Å². The minimum Gasteiger partial charge on any atom is -0.310 e. The third-order valence-electron chi connectivity index (χ3n) is 3.12. The van der Waals surface area contributed by atoms with E-state index in [4.69, 9.17) is 0 Å². The van der Waals surface area contributed by atoms with Gasteiger partial charge in [-0.1, -0.05) is 12.5 Å². The van der Waals surface area contributed by atoms with Crippen molar-refractivity contribution in [2.75, 3.05) is 19.1 Å². The molecule has 1 aromatic rings. The lowest BCUT2D eigenvalue weighted by atomic mass is 9.98. The molecule has 0 bridgehead atoms. The summed E-state index contributed by atoms with van der Waals surface area (Å²) in [5, 5.41) is 3.61. The van der Waals surface area contributed by atoms with Crippen molar-refractivity contribution in [2.24, 2.45) is 0 Å². The Kier molecular flexibility index (Phi) is 4.62. The molecule has 3 heteroatoms. The maximum Gasteiger partial charge on any atom is 0.0320 e. The number of piperidine rings is 1. The molecular formula is C13H19NS2. The summed E-state index contributed by atoms with van der Waals surface area (Å²) in [6, 6.07) is 7.49. The van der Waals surface area contributed by atoms with Crippen molar-refractivity contribution < 1.29 is 0 Å². The summed E-state index contributed by atoms with van der Waals surface area (Å²) in [5.74, 6) is 0. The molecule has 1 aliphatic heterocycles. The summed E-state index contributed by atoms with van der Waals surface area (Å²) in [6.07, 6.45) is 8.28. The second-order valence-electron chi connectivity index (χ2n) is 4.12. The third-order valence-corrected chi connectivity index (χ3v) is 4.82. The molecule has 1 aromatic carbocycles. The van der Waals surface area contributed by atoms with E-state index in [0.29, 0.717) is 6.04 Å². The summed E-state index contributed by atoms with van der Waals surface area (Å²) in [6.45, 7) is 1.17. The zero-order valence-electron chi connectivity index (χ0n) is 9.95. The van der Waals surface area contributed by atoms with Crippen LogP contribution in [0.2, 0.25) is 0 Å². The van der Waals surface area contributed by atoms with Crippen molar-refractivity contribution in [2.45, 2.75) is 35.1 Å². The second kappa shape index (κ2) is 5.99. The maximum absolute atomic E-state index is 3.61. The summed E-state index contributed by atoms with van der Waals surface area (Å²) in [4.78, 5) is 2.81. The molecule has 0 spiro atoms. The highest BCUT2D eigenvalue weighted by Gasteiger charge is 2.15. The van der Waals surface area contributed by atoms with Gasteiger partial charge in [0.1, 0.15) is 0 Å². The highest BCUT2D eigenvalue weighted by molar-refractivity contribution is 8.01. The Morgan fingerprint density at radius 3 is 2.56 bits per heavy atom. The molecule has 0 aromatic heterocycles. The van der Waals surface area contributed by atoms with Crippen molar-refractivity contribution in [1.29, 1.82) is 0 Å². The summed E-state index contributed by atoms with van der Waals surface area (Å²) in [7, 11) is 0. The molecule has 1 fully saturated rings. The fourth-order valence-electron chi connectivity index (χ4n) is 2.21. The molecule has 16 heavy (non-hydrogen) atoms. The van der Waals surface area contributed by atoms with Gasteiger partial charge in [0, 0.05) is 15.8 Å². The zero-order chi connectivity index (χ0) is 11.4. The molecule has 1 nitrogen and oxygen atoms in total. The average molecular weight is 253 g/mol. The molecule has 1 unspecified atom stereocenters. The molecule has 0 saturated carbocycles. The second-order valence-corrected chi connectivity index (χ2v) is 5.81. The molecule has 2 rings (SSSR count). The fourth-order valence-corrected chi connectivity index (χ4v) is 3.69. The van der Waals surface area contributed by atoms with Crippen LogP contribution in [0.5, 0.6) is 0 Å². The van der Waals surface area contributed by atoms with Gasteiger partial charge in [-0.05, 0) is 49.6 Å². The predicted octanol–water partition coefficient (Wildman–Crippen LogP) is 3.95. The Bertz CT molecular complexity index is 346. The van der Waals surface area contributed by atoms with E-state index >= 15 is 0 Å². The number of hydrogen-bond acceptors (Lipinski definition) is 3. The number of nitrogens with one attached hydrogen (secondary N) is 1. The Morgan fingerprint density at radius 1 is 1.12 bits per heavy atom. The Labute approximate surface area is 107 Å². The summed E-state index contributed by atoms with van der Waals surface area (Å²) < 4.78 is 0. The number of thioether (sulfide) groups is 2. The van der Waals surface area contributed by atoms with E-state index in [1.54, 1.807) is 0 Å². The topological polar surface area (TPSA) is 12.0 Å². The van der Waals surface area contributed by atoms with E-state index in [1.807, 2.05) is 23.5 Å². The quantitative estimate of drug-likeness (QED) is 0.819. The molecule has 1 atom stereocenters. The summed E-state index contributed by atoms with van der Waals surface area (Å²) in [5.41, 5.74) is 1.46. The maximum atomic E-state index is 3.61. The van der Waals surface area contributed by atoms with Gasteiger partial charge in [-0.15, -0.1) is 23.5 Å². The highest BCUT2D eigenvalue weighted by atomic mass is 32.2. The van der Waals surface area contributed by atoms with Gasteiger partial charge in [-0.3, -0.25) is 0 Å². The first-order chi connectivity index (χ1) is 7.85. The first-order valence-corrected chi connectivity index (χ1v) is 8.25. The monoisotopic (exact) mass is 253 g/mol. The average Bonchev–Trinajstić information content (AvgIpc) is 2.39. The van der Waals surface area contributed by atoms with Gasteiger partial charge in [0.15, 0.2) is 0 Å². The first kappa shape index (κ1) is 12.3. The largest absolute Gasteiger partial charge is 0.310 e. The van der Waals surface area contributed by atoms with Gasteiger partial charge in [0.25, 0.3) is 0 Å². The van der Waals surface area contributed by atoms with E-state index in [2.05, 4.69) is 36.0 Å². The van der Waals surface area contributed by atoms with Gasteiger partial charge >= 0.3 is 0 Å². The van der Waals surface area contributed by atoms with Gasteiger partial charge in [0.2, 0.25) is 0 Å². The van der Waals surface area contributed by atoms with Gasteiger partial charge in [0.05, 0.1) is 0 Å². The van der Waals surface area contributed by atoms with Crippen molar-refractivity contribution in [3.05, 3.63) is 23.8 Å². The molecule has 88 valence electrons. The molecule has 0 radical (unpaired) electrons. The lowest BCUT2D eigenvalue weighted by Crippen LogP contribution is -2.26. The number of benzene rings is 1. The van der Waals surface area contributed by atoms with Gasteiger partial charge in [-0.25, -0.2) is 0 Å². The summed E-state index contributed by atoms with van der Waals surface area (Å²) >= 11 is 3.68. The SMILES string of the molecule is CSc1ccc(C2CCCCN2)cc1SC. The van der Waals surface area contributed by atoms with Crippen LogP contribution in [0.15, 0.2) is 28.0 Å². The smallest absolute Gasteiger partial charge is 0.0320 e. The Balaban J connectivity index is 2.20. The van der Waals surface area contributed by atoms with Crippen LogP contribution in [0, 0.1) is 0 Å². The van der Waals surface area contributed by atoms with Crippen LogP contribution in [-0.2, 0) is 0 Å². The molecule has 0 amide bonds.